The zero-order valence-electron chi connectivity index (χ0n) is 17.2. The summed E-state index contributed by atoms with van der Waals surface area (Å²) in [6.45, 7) is 5.48. The van der Waals surface area contributed by atoms with Crippen LogP contribution in [0.5, 0.6) is 11.5 Å². The number of carbonyl (C=O) groups excluding carboxylic acids is 2. The molecule has 7 nitrogen and oxygen atoms in total. The van der Waals surface area contributed by atoms with Crippen LogP contribution in [-0.2, 0) is 4.74 Å². The van der Waals surface area contributed by atoms with Crippen molar-refractivity contribution < 1.29 is 23.8 Å². The van der Waals surface area contributed by atoms with Crippen LogP contribution in [0.3, 0.4) is 0 Å². The molecule has 1 aliphatic rings. The molecule has 1 saturated heterocycles. The lowest BCUT2D eigenvalue weighted by Crippen LogP contribution is -2.55. The fourth-order valence-electron chi connectivity index (χ4n) is 3.39. The van der Waals surface area contributed by atoms with Gasteiger partial charge >= 0.3 is 0 Å². The molecule has 3 rings (SSSR count). The van der Waals surface area contributed by atoms with E-state index in [2.05, 4.69) is 5.32 Å². The number of morpholine rings is 1. The molecule has 0 radical (unpaired) electrons. The molecule has 0 spiro atoms. The number of anilines is 1. The smallest absolute Gasteiger partial charge is 0.263 e. The monoisotopic (exact) mass is 398 g/mol. The van der Waals surface area contributed by atoms with Crippen molar-refractivity contribution in [3.05, 3.63) is 53.6 Å². The van der Waals surface area contributed by atoms with E-state index in [1.807, 2.05) is 13.8 Å². The molecule has 1 heterocycles. The van der Waals surface area contributed by atoms with E-state index in [9.17, 15) is 9.59 Å². The van der Waals surface area contributed by atoms with Crippen molar-refractivity contribution in [1.29, 1.82) is 0 Å². The number of benzene rings is 2. The van der Waals surface area contributed by atoms with Gasteiger partial charge in [0.25, 0.3) is 11.8 Å². The third-order valence-electron chi connectivity index (χ3n) is 4.91. The lowest BCUT2D eigenvalue weighted by atomic mass is 10.0. The molecule has 1 aliphatic heterocycles. The van der Waals surface area contributed by atoms with Gasteiger partial charge in [-0.15, -0.1) is 0 Å². The largest absolute Gasteiger partial charge is 0.496 e. The molecule has 2 aromatic rings. The number of ether oxygens (including phenoxy) is 3. The maximum Gasteiger partial charge on any atom is 0.263 e. The summed E-state index contributed by atoms with van der Waals surface area (Å²) < 4.78 is 16.1. The Balaban J connectivity index is 1.84. The van der Waals surface area contributed by atoms with Gasteiger partial charge in [-0.25, -0.2) is 0 Å². The minimum Gasteiger partial charge on any atom is -0.496 e. The molecule has 0 unspecified atom stereocenters. The van der Waals surface area contributed by atoms with Gasteiger partial charge < -0.3 is 24.4 Å². The average molecular weight is 398 g/mol. The Kier molecular flexibility index (Phi) is 6.08. The predicted octanol–water partition coefficient (Wildman–Crippen LogP) is 3.21. The first-order chi connectivity index (χ1) is 13.9. The first kappa shape index (κ1) is 20.7. The van der Waals surface area contributed by atoms with Crippen LogP contribution < -0.4 is 14.8 Å². The Morgan fingerprint density at radius 3 is 2.34 bits per heavy atom. The number of nitrogens with zero attached hydrogens (tertiary/aromatic N) is 1. The second-order valence-electron chi connectivity index (χ2n) is 7.39. The van der Waals surface area contributed by atoms with Crippen molar-refractivity contribution in [2.75, 3.05) is 39.3 Å². The highest BCUT2D eigenvalue weighted by atomic mass is 16.5. The number of amides is 2. The summed E-state index contributed by atoms with van der Waals surface area (Å²) in [6, 6.07) is 12.0. The van der Waals surface area contributed by atoms with Crippen LogP contribution in [0, 0.1) is 0 Å². The number of methoxy groups -OCH3 is 2. The third kappa shape index (κ3) is 4.35. The molecule has 7 heteroatoms. The van der Waals surface area contributed by atoms with Crippen LogP contribution in [0.1, 0.15) is 34.6 Å². The summed E-state index contributed by atoms with van der Waals surface area (Å²) >= 11 is 0. The van der Waals surface area contributed by atoms with E-state index in [1.165, 1.54) is 14.2 Å². The molecule has 2 amide bonds. The summed E-state index contributed by atoms with van der Waals surface area (Å²) in [5.41, 5.74) is 0.924. The SMILES string of the molecule is COc1cccc(OC)c1C(=O)Nc1cccc(C(=O)N2CCOCC2(C)C)c1. The summed E-state index contributed by atoms with van der Waals surface area (Å²) in [4.78, 5) is 27.7. The van der Waals surface area contributed by atoms with Gasteiger partial charge in [0, 0.05) is 17.8 Å². The zero-order valence-corrected chi connectivity index (χ0v) is 17.2. The van der Waals surface area contributed by atoms with E-state index < -0.39 is 0 Å². The molecule has 0 aliphatic carbocycles. The maximum absolute atomic E-state index is 13.0. The van der Waals surface area contributed by atoms with Crippen LogP contribution in [-0.4, -0.2) is 56.2 Å². The Labute approximate surface area is 170 Å². The zero-order chi connectivity index (χ0) is 21.0. The molecule has 1 fully saturated rings. The summed E-state index contributed by atoms with van der Waals surface area (Å²) in [5, 5.41) is 2.83. The minimum absolute atomic E-state index is 0.0933. The molecule has 154 valence electrons. The van der Waals surface area contributed by atoms with Gasteiger partial charge in [-0.1, -0.05) is 12.1 Å². The number of carbonyl (C=O) groups is 2. The van der Waals surface area contributed by atoms with Crippen molar-refractivity contribution in [1.82, 2.24) is 4.90 Å². The van der Waals surface area contributed by atoms with E-state index in [4.69, 9.17) is 14.2 Å². The lowest BCUT2D eigenvalue weighted by molar-refractivity contribution is -0.0370. The van der Waals surface area contributed by atoms with Gasteiger partial charge in [-0.05, 0) is 44.2 Å². The Morgan fingerprint density at radius 2 is 1.72 bits per heavy atom. The van der Waals surface area contributed by atoms with Crippen LogP contribution >= 0.6 is 0 Å². The second kappa shape index (κ2) is 8.53. The topological polar surface area (TPSA) is 77.1 Å². The van der Waals surface area contributed by atoms with Crippen molar-refractivity contribution in [3.63, 3.8) is 0 Å². The summed E-state index contributed by atoms with van der Waals surface area (Å²) in [5.74, 6) is 0.341. The van der Waals surface area contributed by atoms with Crippen LogP contribution in [0.25, 0.3) is 0 Å². The van der Waals surface area contributed by atoms with Gasteiger partial charge in [0.1, 0.15) is 17.1 Å². The van der Waals surface area contributed by atoms with E-state index in [-0.39, 0.29) is 17.4 Å². The standard InChI is InChI=1S/C22H26N2O5/c1-22(2)14-29-12-11-24(22)21(26)15-7-5-8-16(13-15)23-20(25)19-17(27-3)9-6-10-18(19)28-4/h5-10,13H,11-12,14H2,1-4H3,(H,23,25). The summed E-state index contributed by atoms with van der Waals surface area (Å²) in [7, 11) is 2.99. The number of hydrogen-bond acceptors (Lipinski definition) is 5. The highest BCUT2D eigenvalue weighted by Gasteiger charge is 2.34. The summed E-state index contributed by atoms with van der Waals surface area (Å²) in [6.07, 6.45) is 0. The predicted molar refractivity (Wildman–Crippen MR) is 110 cm³/mol. The van der Waals surface area contributed by atoms with Crippen LogP contribution in [0.4, 0.5) is 5.69 Å². The van der Waals surface area contributed by atoms with Gasteiger partial charge in [0.05, 0.1) is 33.0 Å². The van der Waals surface area contributed by atoms with Gasteiger partial charge in [-0.3, -0.25) is 9.59 Å². The van der Waals surface area contributed by atoms with Crippen molar-refractivity contribution in [2.45, 2.75) is 19.4 Å². The van der Waals surface area contributed by atoms with Crippen molar-refractivity contribution in [2.24, 2.45) is 0 Å². The molecule has 0 atom stereocenters. The van der Waals surface area contributed by atoms with Crippen molar-refractivity contribution in [3.8, 4) is 11.5 Å². The van der Waals surface area contributed by atoms with E-state index in [1.54, 1.807) is 47.4 Å². The third-order valence-corrected chi connectivity index (χ3v) is 4.91. The first-order valence-electron chi connectivity index (χ1n) is 9.39. The molecule has 2 aromatic carbocycles. The van der Waals surface area contributed by atoms with Gasteiger partial charge in [-0.2, -0.15) is 0 Å². The Bertz CT molecular complexity index is 888. The van der Waals surface area contributed by atoms with E-state index in [0.29, 0.717) is 48.1 Å². The molecule has 1 N–H and O–H groups in total. The van der Waals surface area contributed by atoms with E-state index >= 15 is 0 Å². The second-order valence-corrected chi connectivity index (χ2v) is 7.39. The minimum atomic E-state index is -0.390. The fourth-order valence-corrected chi connectivity index (χ4v) is 3.39. The molecule has 0 saturated carbocycles. The van der Waals surface area contributed by atoms with Gasteiger partial charge in [0.2, 0.25) is 0 Å². The van der Waals surface area contributed by atoms with Crippen molar-refractivity contribution >= 4 is 17.5 Å². The number of nitrogens with one attached hydrogen (secondary N) is 1. The van der Waals surface area contributed by atoms with E-state index in [0.717, 1.165) is 0 Å². The Morgan fingerprint density at radius 1 is 1.07 bits per heavy atom. The quantitative estimate of drug-likeness (QED) is 0.837. The number of hydrogen-bond donors (Lipinski definition) is 1. The molecule has 29 heavy (non-hydrogen) atoms. The Hall–Kier alpha value is -3.06. The molecule has 0 bridgehead atoms. The maximum atomic E-state index is 13.0. The highest BCUT2D eigenvalue weighted by Crippen LogP contribution is 2.29. The van der Waals surface area contributed by atoms with Crippen LogP contribution in [0.2, 0.25) is 0 Å². The van der Waals surface area contributed by atoms with Gasteiger partial charge in [0.15, 0.2) is 0 Å². The lowest BCUT2D eigenvalue weighted by Gasteiger charge is -2.42. The average Bonchev–Trinajstić information content (AvgIpc) is 2.72. The molecule has 0 aromatic heterocycles. The molecular formula is C22H26N2O5. The van der Waals surface area contributed by atoms with Crippen LogP contribution in [0.15, 0.2) is 42.5 Å². The normalized spacial score (nSPS) is 15.5. The number of rotatable bonds is 5. The first-order valence-corrected chi connectivity index (χ1v) is 9.39. The molecular weight excluding hydrogens is 372 g/mol. The highest BCUT2D eigenvalue weighted by molar-refractivity contribution is 6.08. The fraction of sp³-hybridized carbons (Fsp3) is 0.364.